The maximum atomic E-state index is 6.09. The summed E-state index contributed by atoms with van der Waals surface area (Å²) in [4.78, 5) is 10.2. The number of aromatic amines is 1. The summed E-state index contributed by atoms with van der Waals surface area (Å²) < 4.78 is 5.55. The van der Waals surface area contributed by atoms with E-state index < -0.39 is 0 Å². The molecular formula is C18H14ClN5OS2. The number of halogens is 1. The van der Waals surface area contributed by atoms with Crippen molar-refractivity contribution in [3.05, 3.63) is 63.3 Å². The third-order valence-corrected chi connectivity index (χ3v) is 6.84. The van der Waals surface area contributed by atoms with Crippen molar-refractivity contribution in [2.75, 3.05) is 0 Å². The van der Waals surface area contributed by atoms with Gasteiger partial charge < -0.3 is 4.52 Å². The van der Waals surface area contributed by atoms with Gasteiger partial charge in [0, 0.05) is 15.5 Å². The molecule has 5 rings (SSSR count). The van der Waals surface area contributed by atoms with Gasteiger partial charge in [0.25, 0.3) is 5.89 Å². The van der Waals surface area contributed by atoms with E-state index in [0.717, 1.165) is 10.7 Å². The normalized spacial score (nSPS) is 15.1. The molecule has 0 spiro atoms. The van der Waals surface area contributed by atoms with Crippen LogP contribution in [0.15, 0.2) is 51.7 Å². The van der Waals surface area contributed by atoms with Gasteiger partial charge in [0.05, 0.1) is 0 Å². The molecule has 136 valence electrons. The Bertz CT molecular complexity index is 1060. The highest BCUT2D eigenvalue weighted by Gasteiger charge is 2.33. The molecule has 0 saturated heterocycles. The van der Waals surface area contributed by atoms with Gasteiger partial charge in [0.1, 0.15) is 11.6 Å². The van der Waals surface area contributed by atoms with E-state index in [9.17, 15) is 0 Å². The van der Waals surface area contributed by atoms with E-state index >= 15 is 0 Å². The lowest BCUT2D eigenvalue weighted by Gasteiger charge is -2.11. The van der Waals surface area contributed by atoms with E-state index in [1.807, 2.05) is 24.3 Å². The van der Waals surface area contributed by atoms with Gasteiger partial charge in [-0.3, -0.25) is 5.10 Å². The van der Waals surface area contributed by atoms with Gasteiger partial charge in [0.15, 0.2) is 11.0 Å². The summed E-state index contributed by atoms with van der Waals surface area (Å²) >= 11 is 9.36. The van der Waals surface area contributed by atoms with Gasteiger partial charge in [-0.05, 0) is 54.0 Å². The molecule has 9 heteroatoms. The van der Waals surface area contributed by atoms with E-state index in [0.29, 0.717) is 22.7 Å². The van der Waals surface area contributed by atoms with Crippen LogP contribution in [-0.2, 0) is 0 Å². The highest BCUT2D eigenvalue weighted by molar-refractivity contribution is 7.99. The van der Waals surface area contributed by atoms with Crippen LogP contribution in [0.5, 0.6) is 0 Å². The van der Waals surface area contributed by atoms with Crippen molar-refractivity contribution < 1.29 is 4.52 Å². The summed E-state index contributed by atoms with van der Waals surface area (Å²) in [6.07, 6.45) is 3.98. The SMILES string of the molecule is Clc1cccc(-c2nc(C(Sc3ncn[nH]3)c3sccc3C3CC3)no2)c1. The number of rotatable bonds is 6. The topological polar surface area (TPSA) is 80.5 Å². The van der Waals surface area contributed by atoms with Crippen LogP contribution in [0, 0.1) is 0 Å². The third kappa shape index (κ3) is 3.52. The Balaban J connectivity index is 1.53. The standard InChI is InChI=1S/C18H14ClN5OS2/c19-12-3-1-2-11(8-12)17-22-16(24-25-17)15(27-18-20-9-21-23-18)14-13(6-7-26-14)10-4-5-10/h1-3,6-10,15H,4-5H2,(H,20,21,23). The molecule has 1 N–H and O–H groups in total. The molecule has 4 aromatic rings. The van der Waals surface area contributed by atoms with Crippen LogP contribution in [-0.4, -0.2) is 25.3 Å². The quantitative estimate of drug-likeness (QED) is 0.429. The fourth-order valence-corrected chi connectivity index (χ4v) is 5.29. The number of nitrogens with zero attached hydrogens (tertiary/aromatic N) is 4. The minimum absolute atomic E-state index is 0.106. The molecule has 1 unspecified atom stereocenters. The number of hydrogen-bond donors (Lipinski definition) is 1. The predicted octanol–water partition coefficient (Wildman–Crippen LogP) is 5.33. The monoisotopic (exact) mass is 415 g/mol. The van der Waals surface area contributed by atoms with Gasteiger partial charge in [-0.15, -0.1) is 11.3 Å². The maximum absolute atomic E-state index is 6.09. The molecule has 1 aromatic carbocycles. The second-order valence-corrected chi connectivity index (χ2v) is 8.75. The minimum Gasteiger partial charge on any atom is -0.334 e. The smallest absolute Gasteiger partial charge is 0.258 e. The minimum atomic E-state index is -0.106. The number of hydrogen-bond acceptors (Lipinski definition) is 7. The zero-order valence-corrected chi connectivity index (χ0v) is 16.4. The molecule has 1 aliphatic rings. The summed E-state index contributed by atoms with van der Waals surface area (Å²) in [5.74, 6) is 1.72. The summed E-state index contributed by atoms with van der Waals surface area (Å²) in [6, 6.07) is 9.62. The number of thioether (sulfide) groups is 1. The van der Waals surface area contributed by atoms with Crippen molar-refractivity contribution in [3.63, 3.8) is 0 Å². The molecular weight excluding hydrogens is 402 g/mol. The van der Waals surface area contributed by atoms with Crippen LogP contribution >= 0.6 is 34.7 Å². The Morgan fingerprint density at radius 3 is 3.00 bits per heavy atom. The molecule has 6 nitrogen and oxygen atoms in total. The Hall–Kier alpha value is -2.16. The Kier molecular flexibility index (Phi) is 4.47. The molecule has 0 radical (unpaired) electrons. The van der Waals surface area contributed by atoms with Crippen LogP contribution in [0.25, 0.3) is 11.5 Å². The predicted molar refractivity (Wildman–Crippen MR) is 105 cm³/mol. The highest BCUT2D eigenvalue weighted by Crippen LogP contribution is 2.49. The highest BCUT2D eigenvalue weighted by atomic mass is 35.5. The lowest BCUT2D eigenvalue weighted by molar-refractivity contribution is 0.423. The van der Waals surface area contributed by atoms with E-state index in [2.05, 4.69) is 36.8 Å². The zero-order valence-electron chi connectivity index (χ0n) is 14.0. The largest absolute Gasteiger partial charge is 0.334 e. The Labute approximate surface area is 168 Å². The zero-order chi connectivity index (χ0) is 18.2. The second kappa shape index (κ2) is 7.10. The van der Waals surface area contributed by atoms with Crippen molar-refractivity contribution in [1.82, 2.24) is 25.3 Å². The van der Waals surface area contributed by atoms with Crippen LogP contribution in [0.2, 0.25) is 5.02 Å². The molecule has 0 bridgehead atoms. The van der Waals surface area contributed by atoms with Gasteiger partial charge in [-0.2, -0.15) is 10.1 Å². The maximum Gasteiger partial charge on any atom is 0.258 e. The first-order chi connectivity index (χ1) is 13.3. The Morgan fingerprint density at radius 1 is 1.30 bits per heavy atom. The first-order valence-electron chi connectivity index (χ1n) is 8.47. The van der Waals surface area contributed by atoms with Gasteiger partial charge >= 0.3 is 0 Å². The van der Waals surface area contributed by atoms with Gasteiger partial charge in [-0.1, -0.05) is 34.6 Å². The van der Waals surface area contributed by atoms with Crippen LogP contribution in [0.1, 0.15) is 40.3 Å². The summed E-state index contributed by atoms with van der Waals surface area (Å²) in [7, 11) is 0. The lowest BCUT2D eigenvalue weighted by atomic mass is 10.1. The number of aromatic nitrogens is 5. The first-order valence-corrected chi connectivity index (χ1v) is 10.6. The molecule has 27 heavy (non-hydrogen) atoms. The molecule has 1 saturated carbocycles. The van der Waals surface area contributed by atoms with E-state index in [-0.39, 0.29) is 5.25 Å². The average molecular weight is 416 g/mol. The Morgan fingerprint density at radius 2 is 2.22 bits per heavy atom. The molecule has 3 aromatic heterocycles. The molecule has 1 atom stereocenters. The number of benzene rings is 1. The molecule has 0 aliphatic heterocycles. The van der Waals surface area contributed by atoms with Crippen LogP contribution in [0.3, 0.4) is 0 Å². The van der Waals surface area contributed by atoms with Crippen molar-refractivity contribution in [1.29, 1.82) is 0 Å². The van der Waals surface area contributed by atoms with Gasteiger partial charge in [-0.25, -0.2) is 4.98 Å². The van der Waals surface area contributed by atoms with Crippen LogP contribution < -0.4 is 0 Å². The van der Waals surface area contributed by atoms with E-state index in [1.54, 1.807) is 23.1 Å². The average Bonchev–Trinajstić information content (AvgIpc) is 3.11. The molecule has 1 fully saturated rings. The number of H-pyrrole nitrogens is 1. The first kappa shape index (κ1) is 17.0. The molecule has 0 amide bonds. The summed E-state index contributed by atoms with van der Waals surface area (Å²) in [5.41, 5.74) is 2.18. The third-order valence-electron chi connectivity index (χ3n) is 4.35. The van der Waals surface area contributed by atoms with E-state index in [4.69, 9.17) is 16.1 Å². The lowest BCUT2D eigenvalue weighted by Crippen LogP contribution is -2.01. The summed E-state index contributed by atoms with van der Waals surface area (Å²) in [6.45, 7) is 0. The van der Waals surface area contributed by atoms with Crippen molar-refractivity contribution in [2.24, 2.45) is 0 Å². The number of nitrogens with one attached hydrogen (secondary N) is 1. The fourth-order valence-electron chi connectivity index (χ4n) is 2.94. The van der Waals surface area contributed by atoms with Gasteiger partial charge in [0.2, 0.25) is 0 Å². The van der Waals surface area contributed by atoms with E-state index in [1.165, 1.54) is 29.6 Å². The van der Waals surface area contributed by atoms with Crippen LogP contribution in [0.4, 0.5) is 0 Å². The molecule has 1 aliphatic carbocycles. The number of thiophene rings is 1. The van der Waals surface area contributed by atoms with Crippen molar-refractivity contribution in [3.8, 4) is 11.5 Å². The van der Waals surface area contributed by atoms with Crippen molar-refractivity contribution >= 4 is 34.7 Å². The summed E-state index contributed by atoms with van der Waals surface area (Å²) in [5, 5.41) is 14.5. The molecule has 3 heterocycles. The second-order valence-electron chi connectivity index (χ2n) is 6.27. The van der Waals surface area contributed by atoms with Crippen molar-refractivity contribution in [2.45, 2.75) is 29.2 Å². The fraction of sp³-hybridized carbons (Fsp3) is 0.222.